The first-order chi connectivity index (χ1) is 14.1. The third-order valence-electron chi connectivity index (χ3n) is 5.46. The molecule has 1 aromatic carbocycles. The average Bonchev–Trinajstić information content (AvgIpc) is 3.45. The Hall–Kier alpha value is -2.93. The monoisotopic (exact) mass is 395 g/mol. The second-order valence-electron chi connectivity index (χ2n) is 7.46. The molecule has 7 heteroatoms. The number of likely N-dealkylation sites (tertiary alicyclic amines) is 1. The van der Waals surface area contributed by atoms with Crippen LogP contribution in [0.15, 0.2) is 48.7 Å². The molecule has 0 N–H and O–H groups in total. The van der Waals surface area contributed by atoms with Gasteiger partial charge < -0.3 is 19.3 Å². The number of anilines is 1. The fourth-order valence-electron chi connectivity index (χ4n) is 3.77. The van der Waals surface area contributed by atoms with E-state index in [2.05, 4.69) is 4.98 Å². The smallest absolute Gasteiger partial charge is 0.254 e. The van der Waals surface area contributed by atoms with Crippen LogP contribution in [0.1, 0.15) is 23.2 Å². The molecule has 3 heterocycles. The number of hydrogen-bond donors (Lipinski definition) is 0. The van der Waals surface area contributed by atoms with E-state index < -0.39 is 0 Å². The summed E-state index contributed by atoms with van der Waals surface area (Å²) in [6.45, 7) is 2.21. The lowest BCUT2D eigenvalue weighted by molar-refractivity contribution is -0.121. The Kier molecular flexibility index (Phi) is 5.76. The number of pyridine rings is 1. The van der Waals surface area contributed by atoms with Gasteiger partial charge in [-0.05, 0) is 24.6 Å². The van der Waals surface area contributed by atoms with Crippen molar-refractivity contribution in [2.45, 2.75) is 18.9 Å². The van der Waals surface area contributed by atoms with Crippen molar-refractivity contribution in [3.05, 3.63) is 54.2 Å². The highest BCUT2D eigenvalue weighted by Gasteiger charge is 2.33. The van der Waals surface area contributed by atoms with E-state index in [9.17, 15) is 9.59 Å². The van der Waals surface area contributed by atoms with Crippen LogP contribution in [0.4, 0.5) is 5.69 Å². The summed E-state index contributed by atoms with van der Waals surface area (Å²) in [5.74, 6) is 0.170. The molecule has 0 radical (unpaired) electrons. The Balaban J connectivity index is 1.38. The van der Waals surface area contributed by atoms with Gasteiger partial charge in [0.1, 0.15) is 6.10 Å². The third kappa shape index (κ3) is 4.40. The maximum atomic E-state index is 12.9. The van der Waals surface area contributed by atoms with Crippen molar-refractivity contribution >= 4 is 17.5 Å². The fourth-order valence-corrected chi connectivity index (χ4v) is 3.77. The summed E-state index contributed by atoms with van der Waals surface area (Å²) in [6, 6.07) is 12.9. The molecule has 0 unspecified atom stereocenters. The van der Waals surface area contributed by atoms with Crippen molar-refractivity contribution in [3.63, 3.8) is 0 Å². The number of amides is 2. The van der Waals surface area contributed by atoms with Gasteiger partial charge in [-0.3, -0.25) is 9.59 Å². The van der Waals surface area contributed by atoms with Crippen LogP contribution in [0.3, 0.4) is 0 Å². The average molecular weight is 395 g/mol. The van der Waals surface area contributed by atoms with Gasteiger partial charge in [0.05, 0.1) is 19.1 Å². The van der Waals surface area contributed by atoms with E-state index in [-0.39, 0.29) is 23.8 Å². The number of rotatable bonds is 5. The number of carbonyl (C=O) groups is 2. The van der Waals surface area contributed by atoms with Crippen molar-refractivity contribution in [2.75, 3.05) is 38.3 Å². The van der Waals surface area contributed by atoms with Crippen molar-refractivity contribution in [1.82, 2.24) is 9.88 Å². The lowest BCUT2D eigenvalue weighted by Crippen LogP contribution is -2.36. The van der Waals surface area contributed by atoms with Crippen LogP contribution < -0.4 is 9.64 Å². The highest BCUT2D eigenvalue weighted by atomic mass is 16.5. The van der Waals surface area contributed by atoms with Crippen LogP contribution in [0.5, 0.6) is 5.88 Å². The minimum Gasteiger partial charge on any atom is -0.472 e. The van der Waals surface area contributed by atoms with Crippen molar-refractivity contribution < 1.29 is 19.1 Å². The molecule has 0 bridgehead atoms. The summed E-state index contributed by atoms with van der Waals surface area (Å²) in [5.41, 5.74) is 1.38. The molecule has 2 aliphatic rings. The normalized spacial score (nSPS) is 21.2. The molecule has 152 valence electrons. The van der Waals surface area contributed by atoms with Gasteiger partial charge in [-0.15, -0.1) is 0 Å². The number of aromatic nitrogens is 1. The van der Waals surface area contributed by atoms with Crippen LogP contribution in [-0.2, 0) is 9.53 Å². The molecule has 4 rings (SSSR count). The number of carbonyl (C=O) groups excluding carboxylic acids is 2. The predicted octanol–water partition coefficient (Wildman–Crippen LogP) is 2.37. The van der Waals surface area contributed by atoms with Gasteiger partial charge in [0.2, 0.25) is 11.8 Å². The molecule has 2 aliphatic heterocycles. The van der Waals surface area contributed by atoms with Crippen molar-refractivity contribution in [3.8, 4) is 5.88 Å². The second-order valence-corrected chi connectivity index (χ2v) is 7.46. The molecule has 2 amide bonds. The molecule has 0 saturated carbocycles. The standard InChI is InChI=1S/C22H25N3O4/c1-24(18-5-3-2-4-6-18)21(26)17-8-11-25(14-17)22(27)16-7-10-23-20(13-16)29-19-9-12-28-15-19/h2-7,10,13,17,19H,8-9,11-12,14-15H2,1H3/t17-,19+/m1/s1. The molecule has 2 aromatic rings. The Morgan fingerprint density at radius 2 is 2.03 bits per heavy atom. The zero-order chi connectivity index (χ0) is 20.2. The number of nitrogens with zero attached hydrogens (tertiary/aromatic N) is 3. The molecule has 1 aromatic heterocycles. The van der Waals surface area contributed by atoms with E-state index in [0.29, 0.717) is 44.2 Å². The molecular formula is C22H25N3O4. The highest BCUT2D eigenvalue weighted by molar-refractivity contribution is 5.97. The van der Waals surface area contributed by atoms with E-state index >= 15 is 0 Å². The van der Waals surface area contributed by atoms with E-state index in [0.717, 1.165) is 12.1 Å². The van der Waals surface area contributed by atoms with E-state index in [4.69, 9.17) is 9.47 Å². The van der Waals surface area contributed by atoms with Crippen molar-refractivity contribution in [1.29, 1.82) is 0 Å². The van der Waals surface area contributed by atoms with Crippen LogP contribution >= 0.6 is 0 Å². The first-order valence-electron chi connectivity index (χ1n) is 9.94. The number of benzene rings is 1. The predicted molar refractivity (Wildman–Crippen MR) is 108 cm³/mol. The Morgan fingerprint density at radius 1 is 1.21 bits per heavy atom. The second kappa shape index (κ2) is 8.61. The first-order valence-corrected chi connectivity index (χ1v) is 9.94. The van der Waals surface area contributed by atoms with Gasteiger partial charge in [0, 0.05) is 50.1 Å². The first kappa shape index (κ1) is 19.4. The van der Waals surface area contributed by atoms with Crippen molar-refractivity contribution in [2.24, 2.45) is 5.92 Å². The topological polar surface area (TPSA) is 72.0 Å². The maximum Gasteiger partial charge on any atom is 0.254 e. The summed E-state index contributed by atoms with van der Waals surface area (Å²) in [4.78, 5) is 33.4. The highest BCUT2D eigenvalue weighted by Crippen LogP contribution is 2.24. The summed E-state index contributed by atoms with van der Waals surface area (Å²) in [6.07, 6.45) is 3.05. The molecule has 2 fully saturated rings. The summed E-state index contributed by atoms with van der Waals surface area (Å²) in [5, 5.41) is 0. The number of ether oxygens (including phenoxy) is 2. The van der Waals surface area contributed by atoms with Crippen LogP contribution in [0, 0.1) is 5.92 Å². The summed E-state index contributed by atoms with van der Waals surface area (Å²) in [7, 11) is 1.78. The molecule has 7 nitrogen and oxygen atoms in total. The quantitative estimate of drug-likeness (QED) is 0.777. The largest absolute Gasteiger partial charge is 0.472 e. The lowest BCUT2D eigenvalue weighted by Gasteiger charge is -2.22. The zero-order valence-corrected chi connectivity index (χ0v) is 16.5. The van der Waals surface area contributed by atoms with Gasteiger partial charge >= 0.3 is 0 Å². The minimum absolute atomic E-state index is 0.0184. The Labute approximate surface area is 170 Å². The molecule has 2 atom stereocenters. The minimum atomic E-state index is -0.197. The van der Waals surface area contributed by atoms with Crippen LogP contribution in [0.2, 0.25) is 0 Å². The maximum absolute atomic E-state index is 12.9. The Bertz CT molecular complexity index is 867. The molecule has 0 spiro atoms. The SMILES string of the molecule is CN(C(=O)[C@@H]1CCN(C(=O)c2ccnc(O[C@H]3CCOC3)c2)C1)c1ccccc1. The molecular weight excluding hydrogens is 370 g/mol. The third-order valence-corrected chi connectivity index (χ3v) is 5.46. The zero-order valence-electron chi connectivity index (χ0n) is 16.5. The summed E-state index contributed by atoms with van der Waals surface area (Å²) >= 11 is 0. The lowest BCUT2D eigenvalue weighted by atomic mass is 10.1. The van der Waals surface area contributed by atoms with Gasteiger partial charge in [0.15, 0.2) is 0 Å². The number of para-hydroxylation sites is 1. The molecule has 0 aliphatic carbocycles. The Morgan fingerprint density at radius 3 is 2.79 bits per heavy atom. The molecule has 2 saturated heterocycles. The van der Waals surface area contributed by atoms with Gasteiger partial charge in [-0.1, -0.05) is 18.2 Å². The van der Waals surface area contributed by atoms with E-state index in [1.54, 1.807) is 35.2 Å². The van der Waals surface area contributed by atoms with Gasteiger partial charge in [0.25, 0.3) is 5.91 Å². The van der Waals surface area contributed by atoms with Crippen LogP contribution in [-0.4, -0.2) is 61.2 Å². The van der Waals surface area contributed by atoms with Gasteiger partial charge in [-0.2, -0.15) is 0 Å². The fraction of sp³-hybridized carbons (Fsp3) is 0.409. The number of hydrogen-bond acceptors (Lipinski definition) is 5. The van der Waals surface area contributed by atoms with E-state index in [1.165, 1.54) is 0 Å². The molecule has 29 heavy (non-hydrogen) atoms. The van der Waals surface area contributed by atoms with Crippen LogP contribution in [0.25, 0.3) is 0 Å². The van der Waals surface area contributed by atoms with E-state index in [1.807, 2.05) is 30.3 Å². The summed E-state index contributed by atoms with van der Waals surface area (Å²) < 4.78 is 11.1. The van der Waals surface area contributed by atoms with Gasteiger partial charge in [-0.25, -0.2) is 4.98 Å².